The maximum absolute atomic E-state index is 12.2. The summed E-state index contributed by atoms with van der Waals surface area (Å²) in [6, 6.07) is 9.94. The zero-order valence-electron chi connectivity index (χ0n) is 12.5. The Morgan fingerprint density at radius 3 is 3.17 bits per heavy atom. The van der Waals surface area contributed by atoms with Crippen molar-refractivity contribution < 1.29 is 9.53 Å². The second kappa shape index (κ2) is 5.85. The van der Waals surface area contributed by atoms with Crippen molar-refractivity contribution in [3.63, 3.8) is 0 Å². The molecule has 1 aliphatic rings. The van der Waals surface area contributed by atoms with Gasteiger partial charge >= 0.3 is 0 Å². The molecule has 3 aromatic rings. The fraction of sp³-hybridized carbons (Fsp3) is 0.312. The summed E-state index contributed by atoms with van der Waals surface area (Å²) in [6.07, 6.45) is 3.81. The molecule has 1 saturated heterocycles. The molecule has 1 aliphatic heterocycles. The van der Waals surface area contributed by atoms with Crippen LogP contribution in [-0.2, 0) is 16.1 Å². The Kier molecular flexibility index (Phi) is 3.55. The Morgan fingerprint density at radius 1 is 1.39 bits per heavy atom. The summed E-state index contributed by atoms with van der Waals surface area (Å²) < 4.78 is 7.44. The molecular weight excluding hydrogens is 294 g/mol. The molecule has 0 spiro atoms. The molecule has 3 heterocycles. The summed E-state index contributed by atoms with van der Waals surface area (Å²) in [5.74, 6) is 0.797. The van der Waals surface area contributed by atoms with Crippen LogP contribution in [0, 0.1) is 0 Å². The fourth-order valence-electron chi connectivity index (χ4n) is 2.86. The molecule has 0 aliphatic carbocycles. The number of aromatic nitrogens is 4. The van der Waals surface area contributed by atoms with Gasteiger partial charge in [-0.3, -0.25) is 15.2 Å². The van der Waals surface area contributed by atoms with Gasteiger partial charge in [0.05, 0.1) is 0 Å². The second-order valence-corrected chi connectivity index (χ2v) is 5.60. The number of ether oxygens (including phenoxy) is 1. The van der Waals surface area contributed by atoms with Crippen LogP contribution in [0.15, 0.2) is 36.5 Å². The topological polar surface area (TPSA) is 84.8 Å². The van der Waals surface area contributed by atoms with Crippen molar-refractivity contribution in [1.82, 2.24) is 19.7 Å². The molecule has 7 nitrogen and oxygen atoms in total. The predicted molar refractivity (Wildman–Crippen MR) is 84.9 cm³/mol. The summed E-state index contributed by atoms with van der Waals surface area (Å²) in [7, 11) is 0. The summed E-state index contributed by atoms with van der Waals surface area (Å²) in [6.45, 7) is 0.963. The number of hydrogen-bond acceptors (Lipinski definition) is 4. The number of amides is 1. The lowest BCUT2D eigenvalue weighted by Crippen LogP contribution is -2.19. The molecule has 2 aromatic heterocycles. The van der Waals surface area contributed by atoms with E-state index in [0.717, 1.165) is 30.4 Å². The molecule has 23 heavy (non-hydrogen) atoms. The Morgan fingerprint density at radius 2 is 2.30 bits per heavy atom. The molecular formula is C16H17N5O2. The third-order valence-electron chi connectivity index (χ3n) is 3.98. The Hall–Kier alpha value is -2.67. The van der Waals surface area contributed by atoms with Crippen molar-refractivity contribution in [1.29, 1.82) is 0 Å². The molecule has 118 valence electrons. The molecule has 0 bridgehead atoms. The van der Waals surface area contributed by atoms with Crippen molar-refractivity contribution in [3.8, 4) is 0 Å². The van der Waals surface area contributed by atoms with Gasteiger partial charge in [0, 0.05) is 18.3 Å². The number of H-pyrrole nitrogens is 1. The van der Waals surface area contributed by atoms with Gasteiger partial charge in [-0.15, -0.1) is 5.10 Å². The molecule has 1 atom stereocenters. The third-order valence-corrected chi connectivity index (χ3v) is 3.98. The van der Waals surface area contributed by atoms with Crippen LogP contribution in [0.25, 0.3) is 10.9 Å². The molecule has 7 heteroatoms. The van der Waals surface area contributed by atoms with Gasteiger partial charge in [0.1, 0.15) is 12.6 Å². The molecule has 2 N–H and O–H groups in total. The SMILES string of the molecule is O=C(Cn1ccc2ccccc21)Nc1n[nH]c(C2CCCO2)n1. The number of carbonyl (C=O) groups is 1. The lowest BCUT2D eigenvalue weighted by atomic mass is 10.2. The highest BCUT2D eigenvalue weighted by molar-refractivity contribution is 5.90. The molecule has 0 radical (unpaired) electrons. The van der Waals surface area contributed by atoms with Gasteiger partial charge in [-0.25, -0.2) is 0 Å². The van der Waals surface area contributed by atoms with Gasteiger partial charge in [0.25, 0.3) is 0 Å². The number of anilines is 1. The molecule has 1 fully saturated rings. The number of benzene rings is 1. The first kappa shape index (κ1) is 14.0. The number of rotatable bonds is 4. The van der Waals surface area contributed by atoms with Crippen molar-refractivity contribution in [2.75, 3.05) is 11.9 Å². The van der Waals surface area contributed by atoms with E-state index in [0.29, 0.717) is 5.82 Å². The maximum Gasteiger partial charge on any atom is 0.248 e. The highest BCUT2D eigenvalue weighted by Crippen LogP contribution is 2.26. The summed E-state index contributed by atoms with van der Waals surface area (Å²) >= 11 is 0. The lowest BCUT2D eigenvalue weighted by Gasteiger charge is -2.05. The maximum atomic E-state index is 12.2. The number of fused-ring (bicyclic) bond motifs is 1. The van der Waals surface area contributed by atoms with Gasteiger partial charge in [-0.2, -0.15) is 4.98 Å². The standard InChI is InChI=1S/C16H17N5O2/c22-14(10-21-8-7-11-4-1-2-5-12(11)21)17-16-18-15(19-20-16)13-6-3-9-23-13/h1-2,4-5,7-8,13H,3,6,9-10H2,(H2,17,18,19,20,22). The first-order chi connectivity index (χ1) is 11.3. The van der Waals surface area contributed by atoms with Crippen LogP contribution in [0.3, 0.4) is 0 Å². The summed E-state index contributed by atoms with van der Waals surface area (Å²) in [4.78, 5) is 16.5. The van der Waals surface area contributed by atoms with E-state index in [-0.39, 0.29) is 24.5 Å². The van der Waals surface area contributed by atoms with Crippen molar-refractivity contribution >= 4 is 22.8 Å². The highest BCUT2D eigenvalue weighted by Gasteiger charge is 2.21. The molecule has 4 rings (SSSR count). The zero-order chi connectivity index (χ0) is 15.6. The summed E-state index contributed by atoms with van der Waals surface area (Å²) in [5.41, 5.74) is 1.03. The number of nitrogens with one attached hydrogen (secondary N) is 2. The number of hydrogen-bond donors (Lipinski definition) is 2. The van der Waals surface area contributed by atoms with Crippen LogP contribution in [0.4, 0.5) is 5.95 Å². The zero-order valence-corrected chi connectivity index (χ0v) is 12.5. The normalized spacial score (nSPS) is 17.7. The quantitative estimate of drug-likeness (QED) is 0.774. The van der Waals surface area contributed by atoms with Crippen LogP contribution in [-0.4, -0.2) is 32.3 Å². The number of nitrogens with zero attached hydrogens (tertiary/aromatic N) is 3. The Labute approximate surface area is 132 Å². The minimum Gasteiger partial charge on any atom is -0.370 e. The Balaban J connectivity index is 1.43. The van der Waals surface area contributed by atoms with E-state index in [9.17, 15) is 4.79 Å². The largest absolute Gasteiger partial charge is 0.370 e. The van der Waals surface area contributed by atoms with Crippen LogP contribution in [0.1, 0.15) is 24.8 Å². The van der Waals surface area contributed by atoms with Crippen LogP contribution in [0.2, 0.25) is 0 Å². The van der Waals surface area contributed by atoms with E-state index >= 15 is 0 Å². The van der Waals surface area contributed by atoms with Crippen molar-refractivity contribution in [2.24, 2.45) is 0 Å². The van der Waals surface area contributed by atoms with Gasteiger partial charge in [0.2, 0.25) is 11.9 Å². The smallest absolute Gasteiger partial charge is 0.248 e. The molecule has 0 saturated carbocycles. The van der Waals surface area contributed by atoms with Gasteiger partial charge in [-0.1, -0.05) is 18.2 Å². The predicted octanol–water partition coefficient (Wildman–Crippen LogP) is 2.25. The molecule has 1 amide bonds. The van der Waals surface area contributed by atoms with Gasteiger partial charge < -0.3 is 9.30 Å². The number of carbonyl (C=O) groups excluding carboxylic acids is 1. The van der Waals surface area contributed by atoms with Gasteiger partial charge in [0.15, 0.2) is 5.82 Å². The van der Waals surface area contributed by atoms with E-state index in [1.807, 2.05) is 41.1 Å². The fourth-order valence-corrected chi connectivity index (χ4v) is 2.86. The minimum atomic E-state index is -0.163. The average molecular weight is 311 g/mol. The monoisotopic (exact) mass is 311 g/mol. The van der Waals surface area contributed by atoms with Gasteiger partial charge in [-0.05, 0) is 30.4 Å². The first-order valence-corrected chi connectivity index (χ1v) is 7.67. The lowest BCUT2D eigenvalue weighted by molar-refractivity contribution is -0.116. The third kappa shape index (κ3) is 2.83. The second-order valence-electron chi connectivity index (χ2n) is 5.60. The van der Waals surface area contributed by atoms with Crippen LogP contribution < -0.4 is 5.32 Å². The minimum absolute atomic E-state index is 0.0402. The van der Waals surface area contributed by atoms with E-state index in [4.69, 9.17) is 4.74 Å². The summed E-state index contributed by atoms with van der Waals surface area (Å²) in [5, 5.41) is 10.7. The average Bonchev–Trinajstić information content (AvgIpc) is 3.27. The van der Waals surface area contributed by atoms with Crippen molar-refractivity contribution in [3.05, 3.63) is 42.4 Å². The first-order valence-electron chi connectivity index (χ1n) is 7.67. The number of aromatic amines is 1. The highest BCUT2D eigenvalue weighted by atomic mass is 16.5. The molecule has 1 unspecified atom stereocenters. The van der Waals surface area contributed by atoms with Crippen LogP contribution in [0.5, 0.6) is 0 Å². The van der Waals surface area contributed by atoms with E-state index in [2.05, 4.69) is 20.5 Å². The van der Waals surface area contributed by atoms with Crippen molar-refractivity contribution in [2.45, 2.75) is 25.5 Å². The molecule has 1 aromatic carbocycles. The van der Waals surface area contributed by atoms with E-state index in [1.54, 1.807) is 0 Å². The van der Waals surface area contributed by atoms with E-state index in [1.165, 1.54) is 0 Å². The Bertz CT molecular complexity index is 832. The van der Waals surface area contributed by atoms with Crippen LogP contribution >= 0.6 is 0 Å². The van der Waals surface area contributed by atoms with E-state index < -0.39 is 0 Å². The number of para-hydroxylation sites is 1.